The maximum atomic E-state index is 6.00. The Bertz CT molecular complexity index is 899. The summed E-state index contributed by atoms with van der Waals surface area (Å²) >= 11 is 0. The van der Waals surface area contributed by atoms with Crippen molar-refractivity contribution in [2.45, 2.75) is 0 Å². The SMILES string of the molecule is CN(C)P(=Nc1cccc2oc3ccccc3c12)(N(C)C)N(C)C. The highest BCUT2D eigenvalue weighted by molar-refractivity contribution is 7.59. The van der Waals surface area contributed by atoms with Crippen molar-refractivity contribution < 1.29 is 4.42 Å². The molecule has 0 aliphatic rings. The predicted octanol–water partition coefficient (Wildman–Crippen LogP) is 4.85. The van der Waals surface area contributed by atoms with E-state index in [1.165, 1.54) is 0 Å². The van der Waals surface area contributed by atoms with Gasteiger partial charge in [0.15, 0.2) is 7.51 Å². The van der Waals surface area contributed by atoms with E-state index >= 15 is 0 Å². The van der Waals surface area contributed by atoms with Crippen LogP contribution in [0.1, 0.15) is 0 Å². The number of benzene rings is 2. The molecule has 0 amide bonds. The van der Waals surface area contributed by atoms with E-state index in [1.54, 1.807) is 0 Å². The Kier molecular flexibility index (Phi) is 4.54. The molecule has 6 heteroatoms. The molecule has 1 aromatic heterocycles. The molecule has 0 radical (unpaired) electrons. The lowest BCUT2D eigenvalue weighted by atomic mass is 10.1. The molecule has 3 aromatic rings. The van der Waals surface area contributed by atoms with Gasteiger partial charge in [0.2, 0.25) is 0 Å². The number of nitrogens with zero attached hydrogens (tertiary/aromatic N) is 4. The number of hydrogen-bond donors (Lipinski definition) is 0. The Balaban J connectivity index is 2.40. The van der Waals surface area contributed by atoms with Crippen molar-refractivity contribution in [2.75, 3.05) is 42.3 Å². The van der Waals surface area contributed by atoms with Crippen LogP contribution in [0.3, 0.4) is 0 Å². The van der Waals surface area contributed by atoms with E-state index in [1.807, 2.05) is 30.3 Å². The fraction of sp³-hybridized carbons (Fsp3) is 0.333. The molecule has 0 unspecified atom stereocenters. The van der Waals surface area contributed by atoms with Crippen molar-refractivity contribution in [2.24, 2.45) is 4.74 Å². The van der Waals surface area contributed by atoms with Crippen LogP contribution < -0.4 is 0 Å². The zero-order chi connectivity index (χ0) is 17.5. The van der Waals surface area contributed by atoms with Crippen LogP contribution in [0.2, 0.25) is 0 Å². The molecule has 0 bridgehead atoms. The van der Waals surface area contributed by atoms with E-state index < -0.39 is 7.51 Å². The largest absolute Gasteiger partial charge is 0.456 e. The number of para-hydroxylation sites is 1. The van der Waals surface area contributed by atoms with Gasteiger partial charge in [-0.2, -0.15) is 0 Å². The minimum absolute atomic E-state index is 0.881. The molecule has 0 saturated carbocycles. The lowest BCUT2D eigenvalue weighted by Crippen LogP contribution is -2.30. The lowest BCUT2D eigenvalue weighted by Gasteiger charge is -2.41. The number of rotatable bonds is 4. The molecule has 0 aliphatic carbocycles. The summed E-state index contributed by atoms with van der Waals surface area (Å²) in [6.07, 6.45) is 0. The van der Waals surface area contributed by atoms with Gasteiger partial charge >= 0.3 is 0 Å². The van der Waals surface area contributed by atoms with Crippen LogP contribution in [0.25, 0.3) is 21.9 Å². The van der Waals surface area contributed by atoms with Crippen molar-refractivity contribution in [3.8, 4) is 0 Å². The second-order valence-corrected chi connectivity index (χ2v) is 10.1. The zero-order valence-corrected chi connectivity index (χ0v) is 16.1. The van der Waals surface area contributed by atoms with Crippen molar-refractivity contribution in [3.63, 3.8) is 0 Å². The summed E-state index contributed by atoms with van der Waals surface area (Å²) in [5.74, 6) is 0. The standard InChI is InChI=1S/C18H25N4OP/c1-20(2)24(21(3)4,22(5)6)19-15-11-9-13-17-18(15)14-10-7-8-12-16(14)23-17/h7-13H,1-6H3. The summed E-state index contributed by atoms with van der Waals surface area (Å²) in [5, 5.41) is 2.20. The average molecular weight is 344 g/mol. The molecule has 2 aromatic carbocycles. The van der Waals surface area contributed by atoms with Gasteiger partial charge in [-0.15, -0.1) is 0 Å². The first-order chi connectivity index (χ1) is 11.4. The minimum atomic E-state index is -2.01. The number of fused-ring (bicyclic) bond motifs is 3. The average Bonchev–Trinajstić information content (AvgIpc) is 2.90. The molecule has 128 valence electrons. The Labute approximate surface area is 143 Å². The molecule has 0 aliphatic heterocycles. The van der Waals surface area contributed by atoms with Crippen LogP contribution in [0.4, 0.5) is 5.69 Å². The quantitative estimate of drug-likeness (QED) is 0.634. The van der Waals surface area contributed by atoms with Gasteiger partial charge in [-0.1, -0.05) is 24.3 Å². The molecule has 0 N–H and O–H groups in total. The monoisotopic (exact) mass is 344 g/mol. The Hall–Kier alpha value is -1.65. The molecule has 0 atom stereocenters. The molecule has 24 heavy (non-hydrogen) atoms. The summed E-state index contributed by atoms with van der Waals surface area (Å²) < 4.78 is 17.9. The van der Waals surface area contributed by atoms with Crippen LogP contribution in [-0.4, -0.2) is 56.3 Å². The number of furan rings is 1. The third-order valence-corrected chi connectivity index (χ3v) is 7.94. The van der Waals surface area contributed by atoms with E-state index in [2.05, 4.69) is 68.4 Å². The molecule has 3 rings (SSSR count). The minimum Gasteiger partial charge on any atom is -0.456 e. The molecule has 5 nitrogen and oxygen atoms in total. The highest BCUT2D eigenvalue weighted by Gasteiger charge is 2.29. The van der Waals surface area contributed by atoms with E-state index in [9.17, 15) is 0 Å². The molecule has 0 spiro atoms. The van der Waals surface area contributed by atoms with Gasteiger partial charge < -0.3 is 4.42 Å². The van der Waals surface area contributed by atoms with Crippen molar-refractivity contribution >= 4 is 35.1 Å². The summed E-state index contributed by atoms with van der Waals surface area (Å²) in [6.45, 7) is 0. The molecule has 0 saturated heterocycles. The van der Waals surface area contributed by atoms with E-state index in [-0.39, 0.29) is 0 Å². The van der Waals surface area contributed by atoms with Crippen LogP contribution in [0.15, 0.2) is 51.6 Å². The first-order valence-electron chi connectivity index (χ1n) is 7.94. The molecule has 1 heterocycles. The Morgan fingerprint density at radius 2 is 1.33 bits per heavy atom. The normalized spacial score (nSPS) is 12.9. The second kappa shape index (κ2) is 6.34. The van der Waals surface area contributed by atoms with Gasteiger partial charge in [0.25, 0.3) is 0 Å². The van der Waals surface area contributed by atoms with Gasteiger partial charge in [-0.3, -0.25) is 14.0 Å². The molecular weight excluding hydrogens is 319 g/mol. The third kappa shape index (κ3) is 2.58. The maximum absolute atomic E-state index is 6.00. The Morgan fingerprint density at radius 3 is 1.96 bits per heavy atom. The van der Waals surface area contributed by atoms with Crippen molar-refractivity contribution in [1.82, 2.24) is 14.0 Å². The smallest absolute Gasteiger partial charge is 0.171 e. The first kappa shape index (κ1) is 17.2. The predicted molar refractivity (Wildman–Crippen MR) is 104 cm³/mol. The zero-order valence-electron chi connectivity index (χ0n) is 15.2. The van der Waals surface area contributed by atoms with Gasteiger partial charge in [0, 0.05) is 5.39 Å². The van der Waals surface area contributed by atoms with Gasteiger partial charge in [0.05, 0.1) is 11.1 Å². The van der Waals surface area contributed by atoms with Gasteiger partial charge in [-0.05, 0) is 60.5 Å². The number of hydrogen-bond acceptors (Lipinski definition) is 2. The van der Waals surface area contributed by atoms with Crippen LogP contribution >= 0.6 is 7.51 Å². The first-order valence-corrected chi connectivity index (χ1v) is 9.54. The van der Waals surface area contributed by atoms with Crippen LogP contribution in [-0.2, 0) is 0 Å². The molecular formula is C18H25N4OP. The molecule has 0 fully saturated rings. The summed E-state index contributed by atoms with van der Waals surface area (Å²) in [4.78, 5) is 0. The second-order valence-electron chi connectivity index (χ2n) is 6.43. The van der Waals surface area contributed by atoms with Gasteiger partial charge in [0.1, 0.15) is 11.2 Å². The van der Waals surface area contributed by atoms with Gasteiger partial charge in [-0.25, -0.2) is 4.74 Å². The van der Waals surface area contributed by atoms with E-state index in [0.717, 1.165) is 27.6 Å². The fourth-order valence-electron chi connectivity index (χ4n) is 3.33. The van der Waals surface area contributed by atoms with Crippen LogP contribution in [0.5, 0.6) is 0 Å². The van der Waals surface area contributed by atoms with E-state index in [0.29, 0.717) is 0 Å². The highest BCUT2D eigenvalue weighted by atomic mass is 31.2. The summed E-state index contributed by atoms with van der Waals surface area (Å²) in [5.41, 5.74) is 2.76. The van der Waals surface area contributed by atoms with Crippen LogP contribution in [0, 0.1) is 0 Å². The van der Waals surface area contributed by atoms with Crippen molar-refractivity contribution in [1.29, 1.82) is 0 Å². The third-order valence-electron chi connectivity index (χ3n) is 4.23. The highest BCUT2D eigenvalue weighted by Crippen LogP contribution is 2.57. The summed E-state index contributed by atoms with van der Waals surface area (Å²) in [6, 6.07) is 14.2. The fourth-order valence-corrected chi connectivity index (χ4v) is 6.46. The Morgan fingerprint density at radius 1 is 0.750 bits per heavy atom. The topological polar surface area (TPSA) is 35.2 Å². The summed E-state index contributed by atoms with van der Waals surface area (Å²) in [7, 11) is 10.5. The van der Waals surface area contributed by atoms with E-state index in [4.69, 9.17) is 9.16 Å². The maximum Gasteiger partial charge on any atom is 0.171 e. The van der Waals surface area contributed by atoms with Crippen molar-refractivity contribution in [3.05, 3.63) is 42.5 Å². The lowest BCUT2D eigenvalue weighted by molar-refractivity contribution is 0.474.